The molecule has 0 unspecified atom stereocenters. The molecule has 2 fully saturated rings. The Balaban J connectivity index is 1.20. The number of nitrogens with zero attached hydrogens (tertiary/aromatic N) is 6. The highest BCUT2D eigenvalue weighted by Gasteiger charge is 2.52. The van der Waals surface area contributed by atoms with Crippen molar-refractivity contribution in [3.63, 3.8) is 0 Å². The molecule has 4 heterocycles. The first kappa shape index (κ1) is 31.4. The predicted molar refractivity (Wildman–Crippen MR) is 183 cm³/mol. The molecule has 0 spiro atoms. The fourth-order valence-electron chi connectivity index (χ4n) is 6.71. The van der Waals surface area contributed by atoms with Gasteiger partial charge in [0.25, 0.3) is 0 Å². The van der Waals surface area contributed by atoms with Gasteiger partial charge in [0.05, 0.1) is 42.1 Å². The molecule has 48 heavy (non-hydrogen) atoms. The molecule has 0 radical (unpaired) electrons. The van der Waals surface area contributed by atoms with Gasteiger partial charge in [-0.1, -0.05) is 41.7 Å². The number of carbonyl (C=O) groups is 3. The van der Waals surface area contributed by atoms with E-state index < -0.39 is 12.2 Å². The summed E-state index contributed by atoms with van der Waals surface area (Å²) in [6.45, 7) is 4.59. The number of nitrogen functional groups attached to an aromatic ring is 1. The normalized spacial score (nSPS) is 18.2. The molecule has 0 bridgehead atoms. The number of aromatic amines is 1. The number of amides is 4. The average molecular weight is 668 g/mol. The largest absolute Gasteiger partial charge is 0.497 e. The summed E-state index contributed by atoms with van der Waals surface area (Å²) in [5.74, 6) is 0.369. The second-order valence-corrected chi connectivity index (χ2v) is 13.4. The molecule has 2 atom stereocenters. The summed E-state index contributed by atoms with van der Waals surface area (Å²) in [5, 5.41) is 14.9. The third kappa shape index (κ3) is 5.88. The summed E-state index contributed by atoms with van der Waals surface area (Å²) < 4.78 is 6.19. The van der Waals surface area contributed by atoms with Crippen LogP contribution >= 0.6 is 11.3 Å². The van der Waals surface area contributed by atoms with Crippen molar-refractivity contribution in [1.29, 1.82) is 0 Å². The Morgan fingerprint density at radius 2 is 1.94 bits per heavy atom. The van der Waals surface area contributed by atoms with E-state index in [0.717, 1.165) is 43.6 Å². The number of aromatic nitrogens is 3. The van der Waals surface area contributed by atoms with Crippen molar-refractivity contribution < 1.29 is 19.1 Å². The first-order valence-electron chi connectivity index (χ1n) is 15.8. The van der Waals surface area contributed by atoms with Gasteiger partial charge in [0, 0.05) is 30.9 Å². The fourth-order valence-corrected chi connectivity index (χ4v) is 7.49. The minimum absolute atomic E-state index is 0.0324. The summed E-state index contributed by atoms with van der Waals surface area (Å²) in [6, 6.07) is 17.8. The van der Waals surface area contributed by atoms with Crippen LogP contribution < -0.4 is 15.8 Å². The number of H-pyrrole nitrogens is 1. The van der Waals surface area contributed by atoms with Crippen molar-refractivity contribution in [1.82, 2.24) is 40.3 Å². The SMILES string of the molecule is COc1ccc(CNC(=O)N(C(C)C)N2CC(=O)N3[C@@H](Cc4ccc5[nH]ncc5c4)C(=O)N(Cc4cccc5sc(N)nc45)C[C@@H]32)cc1. The maximum absolute atomic E-state index is 14.4. The zero-order valence-corrected chi connectivity index (χ0v) is 27.7. The van der Waals surface area contributed by atoms with Crippen LogP contribution in [0.25, 0.3) is 21.1 Å². The third-order valence-electron chi connectivity index (χ3n) is 8.96. The molecule has 0 saturated carbocycles. The monoisotopic (exact) mass is 667 g/mol. The van der Waals surface area contributed by atoms with E-state index in [4.69, 9.17) is 10.5 Å². The van der Waals surface area contributed by atoms with Crippen molar-refractivity contribution in [3.8, 4) is 5.75 Å². The quantitative estimate of drug-likeness (QED) is 0.215. The van der Waals surface area contributed by atoms with Crippen molar-refractivity contribution in [2.75, 3.05) is 25.9 Å². The molecule has 13 nitrogen and oxygen atoms in total. The molecule has 14 heteroatoms. The van der Waals surface area contributed by atoms with Gasteiger partial charge in [-0.25, -0.2) is 9.78 Å². The first-order chi connectivity index (χ1) is 23.2. The number of para-hydroxylation sites is 1. The maximum atomic E-state index is 14.4. The Kier molecular flexibility index (Phi) is 8.35. The lowest BCUT2D eigenvalue weighted by Crippen LogP contribution is -2.66. The summed E-state index contributed by atoms with van der Waals surface area (Å²) in [4.78, 5) is 50.1. The van der Waals surface area contributed by atoms with E-state index in [2.05, 4.69) is 20.5 Å². The maximum Gasteiger partial charge on any atom is 0.332 e. The smallest absolute Gasteiger partial charge is 0.332 e. The first-order valence-corrected chi connectivity index (χ1v) is 16.6. The highest BCUT2D eigenvalue weighted by molar-refractivity contribution is 7.22. The number of benzene rings is 3. The minimum Gasteiger partial charge on any atom is -0.497 e. The summed E-state index contributed by atoms with van der Waals surface area (Å²) in [5.41, 5.74) is 10.4. The molecule has 7 rings (SSSR count). The minimum atomic E-state index is -0.776. The van der Waals surface area contributed by atoms with Crippen LogP contribution in [0.3, 0.4) is 0 Å². The lowest BCUT2D eigenvalue weighted by atomic mass is 9.99. The Bertz CT molecular complexity index is 1990. The summed E-state index contributed by atoms with van der Waals surface area (Å²) in [6.07, 6.45) is 1.49. The number of carbonyl (C=O) groups excluding carboxylic acids is 3. The number of hydrogen-bond acceptors (Lipinski definition) is 9. The highest BCUT2D eigenvalue weighted by atomic mass is 32.1. The van der Waals surface area contributed by atoms with Crippen LogP contribution in [-0.2, 0) is 29.1 Å². The molecule has 4 N–H and O–H groups in total. The average Bonchev–Trinajstić information content (AvgIpc) is 3.78. The van der Waals surface area contributed by atoms with Gasteiger partial charge in [-0.2, -0.15) is 10.1 Å². The second-order valence-electron chi connectivity index (χ2n) is 12.4. The van der Waals surface area contributed by atoms with Crippen LogP contribution in [0.5, 0.6) is 5.75 Å². The topological polar surface area (TPSA) is 153 Å². The Labute approximate surface area is 281 Å². The zero-order valence-electron chi connectivity index (χ0n) is 26.9. The molecule has 2 aliphatic rings. The number of ether oxygens (including phenoxy) is 1. The molecule has 0 aliphatic carbocycles. The number of fused-ring (bicyclic) bond motifs is 3. The molecule has 3 aromatic carbocycles. The molecule has 248 valence electrons. The molecule has 4 amide bonds. The van der Waals surface area contributed by atoms with Crippen LogP contribution in [0, 0.1) is 0 Å². The van der Waals surface area contributed by atoms with Gasteiger partial charge >= 0.3 is 6.03 Å². The molecule has 2 aromatic heterocycles. The van der Waals surface area contributed by atoms with E-state index in [0.29, 0.717) is 18.1 Å². The number of methoxy groups -OCH3 is 1. The second kappa shape index (κ2) is 12.8. The summed E-state index contributed by atoms with van der Waals surface area (Å²) >= 11 is 1.40. The van der Waals surface area contributed by atoms with Crippen LogP contribution in [0.2, 0.25) is 0 Å². The van der Waals surface area contributed by atoms with Crippen molar-refractivity contribution in [2.45, 2.75) is 51.6 Å². The lowest BCUT2D eigenvalue weighted by Gasteiger charge is -2.47. The number of urea groups is 1. The van der Waals surface area contributed by atoms with Gasteiger partial charge in [0.1, 0.15) is 18.0 Å². The van der Waals surface area contributed by atoms with Crippen molar-refractivity contribution in [3.05, 3.63) is 83.6 Å². The highest BCUT2D eigenvalue weighted by Crippen LogP contribution is 2.33. The van der Waals surface area contributed by atoms with Gasteiger partial charge in [-0.05, 0) is 60.9 Å². The number of piperazine rings is 1. The van der Waals surface area contributed by atoms with Gasteiger partial charge < -0.3 is 25.6 Å². The number of thiazole rings is 1. The van der Waals surface area contributed by atoms with Gasteiger partial charge in [0.2, 0.25) is 11.8 Å². The Hall–Kier alpha value is -5.21. The van der Waals surface area contributed by atoms with Gasteiger partial charge in [-0.3, -0.25) is 19.7 Å². The molecular formula is C34H37N9O4S. The number of anilines is 1. The predicted octanol–water partition coefficient (Wildman–Crippen LogP) is 3.72. The Morgan fingerprint density at radius 3 is 2.71 bits per heavy atom. The van der Waals surface area contributed by atoms with Gasteiger partial charge in [-0.15, -0.1) is 0 Å². The number of hydrazine groups is 1. The van der Waals surface area contributed by atoms with Gasteiger partial charge in [0.15, 0.2) is 5.13 Å². The van der Waals surface area contributed by atoms with Crippen molar-refractivity contribution in [2.24, 2.45) is 0 Å². The molecule has 2 aliphatic heterocycles. The zero-order chi connectivity index (χ0) is 33.5. The van der Waals surface area contributed by atoms with E-state index in [-0.39, 0.29) is 43.5 Å². The van der Waals surface area contributed by atoms with E-state index in [1.165, 1.54) is 11.3 Å². The van der Waals surface area contributed by atoms with Crippen LogP contribution in [-0.4, -0.2) is 91.3 Å². The van der Waals surface area contributed by atoms with Crippen molar-refractivity contribution >= 4 is 55.4 Å². The molecule has 5 aromatic rings. The lowest BCUT2D eigenvalue weighted by molar-refractivity contribution is -0.158. The number of hydrogen-bond donors (Lipinski definition) is 3. The van der Waals surface area contributed by atoms with E-state index in [1.807, 2.05) is 79.5 Å². The van der Waals surface area contributed by atoms with Crippen LogP contribution in [0.15, 0.2) is 66.9 Å². The molecular weight excluding hydrogens is 631 g/mol. The summed E-state index contributed by atoms with van der Waals surface area (Å²) in [7, 11) is 1.61. The van der Waals surface area contributed by atoms with E-state index in [9.17, 15) is 14.4 Å². The molecule has 2 saturated heterocycles. The standard InChI is InChI=1S/C34H37N9O4S/c1-20(2)43(34(46)36-15-21-7-10-25(47-3)11-8-21)41-19-30(44)42-27(14-22-9-12-26-24(13-22)16-37-39-26)32(45)40(18-29(41)42)17-23-5-4-6-28-31(23)38-33(35)48-28/h4-13,16,20,27,29H,14-15,17-19H2,1-3H3,(H2,35,38)(H,36,46)(H,37,39)/t27-,29+/m0/s1. The number of nitrogens with one attached hydrogen (secondary N) is 2. The number of nitrogens with two attached hydrogens (primary N) is 1. The number of rotatable bonds is 9. The van der Waals surface area contributed by atoms with E-state index >= 15 is 0 Å². The fraction of sp³-hybridized carbons (Fsp3) is 0.324. The Morgan fingerprint density at radius 1 is 1.15 bits per heavy atom. The van der Waals surface area contributed by atoms with Crippen LogP contribution in [0.4, 0.5) is 9.93 Å². The van der Waals surface area contributed by atoms with Crippen LogP contribution in [0.1, 0.15) is 30.5 Å². The third-order valence-corrected chi connectivity index (χ3v) is 9.81. The van der Waals surface area contributed by atoms with E-state index in [1.54, 1.807) is 28.1 Å².